The van der Waals surface area contributed by atoms with Crippen molar-refractivity contribution < 1.29 is 24.0 Å². The van der Waals surface area contributed by atoms with Crippen LogP contribution >= 0.6 is 0 Å². The van der Waals surface area contributed by atoms with Gasteiger partial charge in [-0.15, -0.1) is 0 Å². The maximum absolute atomic E-state index is 13.6. The number of nitro groups is 1. The molecule has 0 aromatic heterocycles. The number of nitrogens with two attached hydrogens (primary N) is 1. The molecule has 0 unspecified atom stereocenters. The van der Waals surface area contributed by atoms with E-state index in [-0.39, 0.29) is 18.8 Å². The van der Waals surface area contributed by atoms with Crippen molar-refractivity contribution in [3.63, 3.8) is 0 Å². The predicted octanol–water partition coefficient (Wildman–Crippen LogP) is 0.512. The van der Waals surface area contributed by atoms with Crippen LogP contribution in [0.5, 0.6) is 0 Å². The molecule has 20 heavy (non-hydrogen) atoms. The number of anilines is 1. The van der Waals surface area contributed by atoms with Crippen LogP contribution in [-0.4, -0.2) is 35.1 Å². The summed E-state index contributed by atoms with van der Waals surface area (Å²) < 4.78 is 13.6. The minimum Gasteiger partial charge on any atom is -0.477 e. The molecule has 0 fully saturated rings. The van der Waals surface area contributed by atoms with Gasteiger partial charge >= 0.3 is 12.0 Å². The van der Waals surface area contributed by atoms with Crippen LogP contribution in [0, 0.1) is 15.9 Å². The van der Waals surface area contributed by atoms with Gasteiger partial charge in [-0.05, 0) is 6.07 Å². The number of carboxylic acid groups (broad SMARTS) is 1. The zero-order valence-corrected chi connectivity index (χ0v) is 10.1. The molecule has 0 saturated heterocycles. The number of carboxylic acids is 1. The number of hydrogen-bond acceptors (Lipinski definition) is 5. The van der Waals surface area contributed by atoms with E-state index in [4.69, 9.17) is 10.8 Å². The fraction of sp³-hybridized carbons (Fsp3) is 0.200. The van der Waals surface area contributed by atoms with Crippen LogP contribution in [0.15, 0.2) is 12.1 Å². The van der Waals surface area contributed by atoms with Gasteiger partial charge in [0.2, 0.25) is 0 Å². The van der Waals surface area contributed by atoms with Gasteiger partial charge in [-0.2, -0.15) is 0 Å². The zero-order valence-electron chi connectivity index (χ0n) is 10.1. The Kier molecular flexibility index (Phi) is 4.78. The lowest BCUT2D eigenvalue weighted by atomic mass is 10.1. The second kappa shape index (κ2) is 6.31. The van der Waals surface area contributed by atoms with E-state index >= 15 is 0 Å². The average Bonchev–Trinajstić information content (AvgIpc) is 2.34. The molecule has 0 aliphatic carbocycles. The summed E-state index contributed by atoms with van der Waals surface area (Å²) in [7, 11) is 0. The summed E-state index contributed by atoms with van der Waals surface area (Å²) in [5.74, 6) is -2.52. The number of rotatable bonds is 6. The van der Waals surface area contributed by atoms with E-state index in [1.54, 1.807) is 0 Å². The molecule has 2 amide bonds. The Morgan fingerprint density at radius 3 is 2.55 bits per heavy atom. The molecule has 1 aromatic rings. The van der Waals surface area contributed by atoms with Crippen molar-refractivity contribution in [1.29, 1.82) is 0 Å². The van der Waals surface area contributed by atoms with Crippen LogP contribution < -0.4 is 16.4 Å². The number of primary amides is 1. The molecule has 1 aromatic carbocycles. The summed E-state index contributed by atoms with van der Waals surface area (Å²) in [6.07, 6.45) is 0. The third-order valence-corrected chi connectivity index (χ3v) is 2.25. The molecule has 0 bridgehead atoms. The number of benzene rings is 1. The monoisotopic (exact) mass is 286 g/mol. The number of nitrogens with zero attached hydrogens (tertiary/aromatic N) is 1. The molecule has 0 aliphatic rings. The number of amides is 2. The van der Waals surface area contributed by atoms with Crippen LogP contribution in [0.2, 0.25) is 0 Å². The van der Waals surface area contributed by atoms with E-state index in [0.717, 1.165) is 6.07 Å². The van der Waals surface area contributed by atoms with Crippen molar-refractivity contribution in [2.45, 2.75) is 0 Å². The minimum absolute atomic E-state index is 0.0662. The highest BCUT2D eigenvalue weighted by atomic mass is 19.1. The van der Waals surface area contributed by atoms with E-state index in [0.29, 0.717) is 6.07 Å². The van der Waals surface area contributed by atoms with Crippen molar-refractivity contribution in [2.75, 3.05) is 18.4 Å². The fourth-order valence-electron chi connectivity index (χ4n) is 1.40. The maximum atomic E-state index is 13.6. The van der Waals surface area contributed by atoms with E-state index < -0.39 is 34.0 Å². The first-order chi connectivity index (χ1) is 9.32. The van der Waals surface area contributed by atoms with Crippen LogP contribution in [-0.2, 0) is 0 Å². The van der Waals surface area contributed by atoms with E-state index in [9.17, 15) is 24.1 Å². The molecule has 1 rings (SSSR count). The molecule has 0 atom stereocenters. The molecular formula is C10H11FN4O5. The SMILES string of the molecule is NC(=O)NCCNc1cc(C(=O)O)c([N+](=O)[O-])cc1F. The largest absolute Gasteiger partial charge is 0.477 e. The molecule has 5 N–H and O–H groups in total. The first-order valence-electron chi connectivity index (χ1n) is 5.31. The van der Waals surface area contributed by atoms with Crippen molar-refractivity contribution in [1.82, 2.24) is 5.32 Å². The number of carbonyl (C=O) groups is 2. The zero-order chi connectivity index (χ0) is 15.3. The van der Waals surface area contributed by atoms with Gasteiger partial charge in [0.25, 0.3) is 5.69 Å². The molecule has 9 nitrogen and oxygen atoms in total. The number of aromatic carboxylic acids is 1. The van der Waals surface area contributed by atoms with Gasteiger partial charge in [0.1, 0.15) is 5.56 Å². The summed E-state index contributed by atoms with van der Waals surface area (Å²) in [5.41, 5.74) is 3.12. The summed E-state index contributed by atoms with van der Waals surface area (Å²) >= 11 is 0. The molecular weight excluding hydrogens is 275 g/mol. The van der Waals surface area contributed by atoms with Crippen molar-refractivity contribution in [3.8, 4) is 0 Å². The Morgan fingerprint density at radius 2 is 2.05 bits per heavy atom. The Balaban J connectivity index is 2.92. The molecule has 10 heteroatoms. The summed E-state index contributed by atoms with van der Waals surface area (Å²) in [4.78, 5) is 30.9. The molecule has 0 heterocycles. The molecule has 0 spiro atoms. The van der Waals surface area contributed by atoms with Crippen molar-refractivity contribution >= 4 is 23.4 Å². The maximum Gasteiger partial charge on any atom is 0.342 e. The standard InChI is InChI=1S/C10H11FN4O5/c11-6-4-8(15(19)20)5(9(16)17)3-7(6)13-1-2-14-10(12)18/h3-4,13H,1-2H2,(H,16,17)(H3,12,14,18). The van der Waals surface area contributed by atoms with Crippen LogP contribution in [0.1, 0.15) is 10.4 Å². The van der Waals surface area contributed by atoms with Gasteiger partial charge in [0.15, 0.2) is 5.82 Å². The lowest BCUT2D eigenvalue weighted by molar-refractivity contribution is -0.385. The molecule has 0 saturated carbocycles. The third kappa shape index (κ3) is 3.80. The average molecular weight is 286 g/mol. The minimum atomic E-state index is -1.55. The third-order valence-electron chi connectivity index (χ3n) is 2.25. The number of carbonyl (C=O) groups excluding carboxylic acids is 1. The summed E-state index contributed by atoms with van der Waals surface area (Å²) in [6, 6.07) is 0.579. The van der Waals surface area contributed by atoms with Gasteiger partial charge in [-0.1, -0.05) is 0 Å². The normalized spacial score (nSPS) is 9.85. The highest BCUT2D eigenvalue weighted by molar-refractivity contribution is 5.93. The molecule has 0 aliphatic heterocycles. The summed E-state index contributed by atoms with van der Waals surface area (Å²) in [5, 5.41) is 24.2. The number of nitrogens with one attached hydrogen (secondary N) is 2. The first kappa shape index (κ1) is 15.1. The quantitative estimate of drug-likeness (QED) is 0.340. The van der Waals surface area contributed by atoms with Crippen molar-refractivity contribution in [3.05, 3.63) is 33.6 Å². The smallest absolute Gasteiger partial charge is 0.342 e. The van der Waals surface area contributed by atoms with Crippen LogP contribution in [0.4, 0.5) is 20.6 Å². The lowest BCUT2D eigenvalue weighted by Gasteiger charge is -2.09. The van der Waals surface area contributed by atoms with Gasteiger partial charge in [0.05, 0.1) is 16.7 Å². The Morgan fingerprint density at radius 1 is 1.40 bits per heavy atom. The predicted molar refractivity (Wildman–Crippen MR) is 66.1 cm³/mol. The topological polar surface area (TPSA) is 148 Å². The summed E-state index contributed by atoms with van der Waals surface area (Å²) in [6.45, 7) is 0.144. The lowest BCUT2D eigenvalue weighted by Crippen LogP contribution is -2.33. The Labute approximate surface area is 111 Å². The highest BCUT2D eigenvalue weighted by Gasteiger charge is 2.23. The molecule has 108 valence electrons. The van der Waals surface area contributed by atoms with Gasteiger partial charge < -0.3 is 21.5 Å². The van der Waals surface area contributed by atoms with Gasteiger partial charge in [-0.3, -0.25) is 10.1 Å². The van der Waals surface area contributed by atoms with E-state index in [2.05, 4.69) is 10.6 Å². The second-order valence-corrected chi connectivity index (χ2v) is 3.63. The number of urea groups is 1. The van der Waals surface area contributed by atoms with Gasteiger partial charge in [0, 0.05) is 13.1 Å². The second-order valence-electron chi connectivity index (χ2n) is 3.63. The Hall–Kier alpha value is -2.91. The van der Waals surface area contributed by atoms with Gasteiger partial charge in [-0.25, -0.2) is 14.0 Å². The van der Waals surface area contributed by atoms with Crippen LogP contribution in [0.25, 0.3) is 0 Å². The van der Waals surface area contributed by atoms with Crippen molar-refractivity contribution in [2.24, 2.45) is 5.73 Å². The number of nitro benzene ring substituents is 1. The molecule has 0 radical (unpaired) electrons. The highest BCUT2D eigenvalue weighted by Crippen LogP contribution is 2.26. The number of halogens is 1. The Bertz CT molecular complexity index is 563. The van der Waals surface area contributed by atoms with E-state index in [1.165, 1.54) is 0 Å². The van der Waals surface area contributed by atoms with E-state index in [1.807, 2.05) is 0 Å². The van der Waals surface area contributed by atoms with Crippen LogP contribution in [0.3, 0.4) is 0 Å². The fourth-order valence-corrected chi connectivity index (χ4v) is 1.40. The first-order valence-corrected chi connectivity index (χ1v) is 5.31. The number of hydrogen-bond donors (Lipinski definition) is 4.